The van der Waals surface area contributed by atoms with E-state index in [0.717, 1.165) is 4.31 Å². The zero-order chi connectivity index (χ0) is 38.3. The molecule has 3 aromatic rings. The molecule has 2 saturated heterocycles. The van der Waals surface area contributed by atoms with E-state index in [9.17, 15) is 27.6 Å². The number of ketones is 1. The molecule has 4 heterocycles. The van der Waals surface area contributed by atoms with Crippen molar-refractivity contribution < 1.29 is 41.5 Å². The molecule has 16 heteroatoms. The lowest BCUT2D eigenvalue weighted by Crippen LogP contribution is -2.52. The van der Waals surface area contributed by atoms with Crippen LogP contribution < -0.4 is 15.4 Å². The third-order valence-corrected chi connectivity index (χ3v) is 10.7. The van der Waals surface area contributed by atoms with E-state index >= 15 is 0 Å². The highest BCUT2D eigenvalue weighted by Crippen LogP contribution is 2.25. The van der Waals surface area contributed by atoms with Gasteiger partial charge in [0.05, 0.1) is 12.6 Å². The molecule has 53 heavy (non-hydrogen) atoms. The summed E-state index contributed by atoms with van der Waals surface area (Å²) in [5.41, 5.74) is -0.0602. The summed E-state index contributed by atoms with van der Waals surface area (Å²) in [6.07, 6.45) is 1.97. The number of nitrogens with zero attached hydrogens (tertiary/aromatic N) is 4. The maximum Gasteiger partial charge on any atom is 0.410 e. The molecule has 1 aromatic carbocycles. The smallest absolute Gasteiger partial charge is 0.410 e. The second-order valence-corrected chi connectivity index (χ2v) is 16.7. The largest absolute Gasteiger partial charge is 0.492 e. The second kappa shape index (κ2) is 17.1. The molecule has 3 amide bonds. The minimum atomic E-state index is -3.98. The van der Waals surface area contributed by atoms with Gasteiger partial charge in [-0.25, -0.2) is 18.2 Å². The monoisotopic (exact) mass is 754 g/mol. The van der Waals surface area contributed by atoms with Gasteiger partial charge in [0.1, 0.15) is 29.6 Å². The van der Waals surface area contributed by atoms with Crippen LogP contribution in [0.3, 0.4) is 0 Å². The first kappa shape index (κ1) is 39.7. The predicted octanol–water partition coefficient (Wildman–Crippen LogP) is 3.44. The van der Waals surface area contributed by atoms with Gasteiger partial charge in [0.15, 0.2) is 16.6 Å². The molecule has 0 unspecified atom stereocenters. The number of carbonyl (C=O) groups is 4. The SMILES string of the molecule is CC(C)C[C@@H](NC(=O)c1cc2cc(OCCN3CCN(C(=O)OC(C)(C)C)CC3)ccc2o1)C(=O)N[C@@H]1CCCN(S(=O)(=O)c2ccccn2)CC1=O. The van der Waals surface area contributed by atoms with Crippen LogP contribution in [-0.4, -0.2) is 121 Å². The molecule has 2 aliphatic rings. The van der Waals surface area contributed by atoms with E-state index in [2.05, 4.69) is 20.5 Å². The van der Waals surface area contributed by atoms with Crippen LogP contribution in [-0.2, 0) is 24.3 Å². The molecule has 0 spiro atoms. The Morgan fingerprint density at radius 3 is 2.47 bits per heavy atom. The molecule has 288 valence electrons. The lowest BCUT2D eigenvalue weighted by Gasteiger charge is -2.35. The highest BCUT2D eigenvalue weighted by atomic mass is 32.2. The first-order chi connectivity index (χ1) is 25.1. The zero-order valence-electron chi connectivity index (χ0n) is 31.0. The van der Waals surface area contributed by atoms with Gasteiger partial charge in [0, 0.05) is 50.9 Å². The predicted molar refractivity (Wildman–Crippen MR) is 196 cm³/mol. The highest BCUT2D eigenvalue weighted by molar-refractivity contribution is 7.89. The number of benzene rings is 1. The minimum Gasteiger partial charge on any atom is -0.492 e. The van der Waals surface area contributed by atoms with Crippen LogP contribution in [0.4, 0.5) is 4.79 Å². The number of ether oxygens (including phenoxy) is 2. The Labute approximate surface area is 310 Å². The fraction of sp³-hybridized carbons (Fsp3) is 0.541. The maximum atomic E-state index is 13.5. The topological polar surface area (TPSA) is 181 Å². The van der Waals surface area contributed by atoms with E-state index in [-0.39, 0.29) is 35.8 Å². The number of nitrogens with one attached hydrogen (secondary N) is 2. The molecule has 0 aliphatic carbocycles. The summed E-state index contributed by atoms with van der Waals surface area (Å²) in [6, 6.07) is 9.51. The summed E-state index contributed by atoms with van der Waals surface area (Å²) < 4.78 is 44.6. The van der Waals surface area contributed by atoms with E-state index in [1.54, 1.807) is 41.3 Å². The molecule has 0 radical (unpaired) electrons. The van der Waals surface area contributed by atoms with Crippen LogP contribution in [0.5, 0.6) is 5.75 Å². The summed E-state index contributed by atoms with van der Waals surface area (Å²) in [6.45, 7) is 12.8. The number of hydrogen-bond acceptors (Lipinski definition) is 11. The fourth-order valence-electron chi connectivity index (χ4n) is 6.19. The molecule has 2 N–H and O–H groups in total. The number of furan rings is 1. The number of hydrogen-bond donors (Lipinski definition) is 2. The van der Waals surface area contributed by atoms with Gasteiger partial charge in [-0.2, -0.15) is 4.31 Å². The standard InChI is InChI=1S/C37H50N6O9S/c1-25(2)21-29(34(45)39-28-9-8-14-43(24-30(28)44)53(48,49)33-10-6-7-13-38-33)40-35(46)32-23-26-22-27(11-12-31(26)51-32)50-20-19-41-15-17-42(18-16-41)36(47)52-37(3,4)5/h6-7,10-13,22-23,25,28-29H,8-9,14-21,24H2,1-5H3,(H,39,45)(H,40,46)/t28-,29-/m1/s1. The van der Waals surface area contributed by atoms with E-state index in [1.807, 2.05) is 34.6 Å². The molecule has 2 fully saturated rings. The van der Waals surface area contributed by atoms with E-state index in [4.69, 9.17) is 13.9 Å². The Morgan fingerprint density at radius 1 is 1.04 bits per heavy atom. The van der Waals surface area contributed by atoms with Gasteiger partial charge in [0.2, 0.25) is 5.91 Å². The van der Waals surface area contributed by atoms with E-state index < -0.39 is 51.9 Å². The van der Waals surface area contributed by atoms with Crippen LogP contribution in [0.15, 0.2) is 58.1 Å². The molecular formula is C37H50N6O9S. The van der Waals surface area contributed by atoms with Gasteiger partial charge >= 0.3 is 6.09 Å². The number of piperazine rings is 1. The van der Waals surface area contributed by atoms with Crippen LogP contribution in [0.1, 0.15) is 64.4 Å². The van der Waals surface area contributed by atoms with Crippen molar-refractivity contribution in [2.24, 2.45) is 5.92 Å². The molecular weight excluding hydrogens is 705 g/mol. The van der Waals surface area contributed by atoms with Gasteiger partial charge in [-0.1, -0.05) is 19.9 Å². The van der Waals surface area contributed by atoms with Crippen LogP contribution >= 0.6 is 0 Å². The molecule has 2 aliphatic heterocycles. The normalized spacial score (nSPS) is 18.4. The third kappa shape index (κ3) is 10.8. The number of pyridine rings is 1. The fourth-order valence-corrected chi connectivity index (χ4v) is 7.56. The highest BCUT2D eigenvalue weighted by Gasteiger charge is 2.35. The number of rotatable bonds is 12. The van der Waals surface area contributed by atoms with Gasteiger partial charge in [-0.3, -0.25) is 19.3 Å². The number of sulfonamides is 1. The third-order valence-electron chi connectivity index (χ3n) is 8.92. The van der Waals surface area contributed by atoms with Gasteiger partial charge in [-0.05, 0) is 82.3 Å². The Balaban J connectivity index is 1.14. The van der Waals surface area contributed by atoms with Gasteiger partial charge in [-0.15, -0.1) is 0 Å². The quantitative estimate of drug-likeness (QED) is 0.277. The molecule has 0 saturated carbocycles. The van der Waals surface area contributed by atoms with E-state index in [0.29, 0.717) is 68.9 Å². The van der Waals surface area contributed by atoms with Crippen molar-refractivity contribution in [2.75, 3.05) is 52.4 Å². The number of amides is 3. The average molecular weight is 755 g/mol. The van der Waals surface area contributed by atoms with Crippen molar-refractivity contribution in [1.29, 1.82) is 0 Å². The number of fused-ring (bicyclic) bond motifs is 1. The van der Waals surface area contributed by atoms with Crippen molar-refractivity contribution in [3.05, 3.63) is 54.4 Å². The Bertz CT molecular complexity index is 1870. The maximum absolute atomic E-state index is 13.5. The summed E-state index contributed by atoms with van der Waals surface area (Å²) in [5.74, 6) is -0.920. The summed E-state index contributed by atoms with van der Waals surface area (Å²) in [4.78, 5) is 60.3. The molecule has 2 aromatic heterocycles. The van der Waals surface area contributed by atoms with Crippen LogP contribution in [0, 0.1) is 5.92 Å². The van der Waals surface area contributed by atoms with Crippen molar-refractivity contribution >= 4 is 44.7 Å². The van der Waals surface area contributed by atoms with Crippen LogP contribution in [0.25, 0.3) is 11.0 Å². The zero-order valence-corrected chi connectivity index (χ0v) is 31.8. The number of aromatic nitrogens is 1. The minimum absolute atomic E-state index is 0.0162. The molecule has 15 nitrogen and oxygen atoms in total. The molecule has 0 bridgehead atoms. The molecule has 2 atom stereocenters. The van der Waals surface area contributed by atoms with Crippen LogP contribution in [0.2, 0.25) is 0 Å². The van der Waals surface area contributed by atoms with E-state index in [1.165, 1.54) is 12.3 Å². The lowest BCUT2D eigenvalue weighted by atomic mass is 10.0. The van der Waals surface area contributed by atoms with Crippen molar-refractivity contribution in [2.45, 2.75) is 76.6 Å². The Morgan fingerprint density at radius 2 is 1.79 bits per heavy atom. The Kier molecular flexibility index (Phi) is 12.8. The first-order valence-electron chi connectivity index (χ1n) is 18.0. The summed E-state index contributed by atoms with van der Waals surface area (Å²) >= 11 is 0. The van der Waals surface area contributed by atoms with Crippen molar-refractivity contribution in [1.82, 2.24) is 29.7 Å². The van der Waals surface area contributed by atoms with Gasteiger partial charge in [0.25, 0.3) is 15.9 Å². The van der Waals surface area contributed by atoms with Gasteiger partial charge < -0.3 is 29.4 Å². The molecule has 5 rings (SSSR count). The summed E-state index contributed by atoms with van der Waals surface area (Å²) in [5, 5.41) is 6.03. The van der Waals surface area contributed by atoms with Crippen molar-refractivity contribution in [3.8, 4) is 5.75 Å². The number of Topliss-reactive ketones (excluding diaryl/α,β-unsaturated/α-hetero) is 1. The lowest BCUT2D eigenvalue weighted by molar-refractivity contribution is -0.129. The Hall–Kier alpha value is -4.54. The number of carbonyl (C=O) groups excluding carboxylic acids is 4. The first-order valence-corrected chi connectivity index (χ1v) is 19.4. The van der Waals surface area contributed by atoms with Crippen molar-refractivity contribution in [3.63, 3.8) is 0 Å². The summed E-state index contributed by atoms with van der Waals surface area (Å²) in [7, 11) is -3.98. The average Bonchev–Trinajstić information content (AvgIpc) is 3.44. The second-order valence-electron chi connectivity index (χ2n) is 14.8.